The van der Waals surface area contributed by atoms with Crippen LogP contribution in [0.3, 0.4) is 0 Å². The van der Waals surface area contributed by atoms with E-state index in [0.717, 1.165) is 16.8 Å². The van der Waals surface area contributed by atoms with Gasteiger partial charge in [-0.15, -0.1) is 5.10 Å². The predicted octanol–water partition coefficient (Wildman–Crippen LogP) is 2.67. The molecule has 0 unspecified atom stereocenters. The van der Waals surface area contributed by atoms with Crippen molar-refractivity contribution in [2.75, 3.05) is 0 Å². The number of nitrogens with one attached hydrogen (secondary N) is 1. The minimum absolute atomic E-state index is 0.00000514. The Balaban J connectivity index is 1.83. The van der Waals surface area contributed by atoms with Crippen molar-refractivity contribution in [1.82, 2.24) is 20.4 Å². The number of ether oxygens (including phenoxy) is 1. The van der Waals surface area contributed by atoms with E-state index >= 15 is 0 Å². The van der Waals surface area contributed by atoms with Gasteiger partial charge in [0.05, 0.1) is 0 Å². The van der Waals surface area contributed by atoms with Crippen molar-refractivity contribution >= 4 is 5.97 Å². The Morgan fingerprint density at radius 1 is 1.18 bits per heavy atom. The van der Waals surface area contributed by atoms with Gasteiger partial charge in [-0.25, -0.2) is 9.89 Å². The molecule has 3 rings (SSSR count). The molecule has 0 amide bonds. The minimum Gasteiger partial charge on any atom is -0.476 e. The summed E-state index contributed by atoms with van der Waals surface area (Å²) < 4.78 is 5.45. The van der Waals surface area contributed by atoms with E-state index in [2.05, 4.69) is 20.4 Å². The zero-order valence-electron chi connectivity index (χ0n) is 11.6. The third-order valence-electron chi connectivity index (χ3n) is 3.02. The number of hydrogen-bond donors (Lipinski definition) is 2. The molecule has 2 aromatic heterocycles. The van der Waals surface area contributed by atoms with Gasteiger partial charge in [-0.05, 0) is 42.3 Å². The molecule has 0 radical (unpaired) electrons. The molecular weight excluding hydrogens is 284 g/mol. The lowest BCUT2D eigenvalue weighted by Gasteiger charge is -2.06. The van der Waals surface area contributed by atoms with Crippen LogP contribution in [0.1, 0.15) is 16.2 Å². The van der Waals surface area contributed by atoms with E-state index in [0.29, 0.717) is 5.75 Å². The molecule has 0 saturated carbocycles. The fourth-order valence-electron chi connectivity index (χ4n) is 1.99. The Bertz CT molecular complexity index is 812. The predicted molar refractivity (Wildman–Crippen MR) is 77.8 cm³/mol. The molecule has 22 heavy (non-hydrogen) atoms. The maximum atomic E-state index is 10.9. The lowest BCUT2D eigenvalue weighted by Crippen LogP contribution is -1.99. The van der Waals surface area contributed by atoms with Crippen molar-refractivity contribution in [1.29, 1.82) is 0 Å². The number of rotatable bonds is 4. The Kier molecular flexibility index (Phi) is 3.53. The summed E-state index contributed by atoms with van der Waals surface area (Å²) in [7, 11) is 0. The average molecular weight is 296 g/mol. The van der Waals surface area contributed by atoms with Gasteiger partial charge in [0.1, 0.15) is 5.75 Å². The van der Waals surface area contributed by atoms with E-state index in [1.165, 1.54) is 0 Å². The summed E-state index contributed by atoms with van der Waals surface area (Å²) in [5.41, 5.74) is 2.74. The first-order valence-corrected chi connectivity index (χ1v) is 6.49. The van der Waals surface area contributed by atoms with Gasteiger partial charge in [-0.3, -0.25) is 4.98 Å². The molecule has 0 aliphatic heterocycles. The monoisotopic (exact) mass is 296 g/mol. The van der Waals surface area contributed by atoms with Gasteiger partial charge in [-0.2, -0.15) is 0 Å². The number of pyridine rings is 1. The lowest BCUT2D eigenvalue weighted by atomic mass is 10.1. The number of nitrogens with zero attached hydrogens (tertiary/aromatic N) is 3. The molecule has 0 fully saturated rings. The second kappa shape index (κ2) is 5.65. The third kappa shape index (κ3) is 2.78. The number of aromatic amines is 1. The number of aromatic carboxylic acids is 1. The van der Waals surface area contributed by atoms with E-state index in [-0.39, 0.29) is 11.6 Å². The molecule has 0 atom stereocenters. The van der Waals surface area contributed by atoms with Crippen molar-refractivity contribution in [2.24, 2.45) is 0 Å². The van der Waals surface area contributed by atoms with Crippen LogP contribution in [0.4, 0.5) is 0 Å². The van der Waals surface area contributed by atoms with E-state index in [4.69, 9.17) is 9.84 Å². The molecule has 110 valence electrons. The Hall–Kier alpha value is -3.22. The van der Waals surface area contributed by atoms with Crippen LogP contribution >= 0.6 is 0 Å². The fraction of sp³-hybridized carbons (Fsp3) is 0.0667. The van der Waals surface area contributed by atoms with Gasteiger partial charge in [0, 0.05) is 11.9 Å². The summed E-state index contributed by atoms with van der Waals surface area (Å²) in [6.07, 6.45) is 1.75. The molecule has 0 spiro atoms. The zero-order chi connectivity index (χ0) is 15.5. The fourth-order valence-corrected chi connectivity index (χ4v) is 1.99. The molecule has 7 heteroatoms. The van der Waals surface area contributed by atoms with E-state index in [9.17, 15) is 4.79 Å². The zero-order valence-corrected chi connectivity index (χ0v) is 11.6. The number of aryl methyl sites for hydroxylation is 1. The normalized spacial score (nSPS) is 10.4. The van der Waals surface area contributed by atoms with Gasteiger partial charge in [0.25, 0.3) is 5.88 Å². The smallest absolute Gasteiger partial charge is 0.362 e. The van der Waals surface area contributed by atoms with Crippen LogP contribution in [0.2, 0.25) is 0 Å². The summed E-state index contributed by atoms with van der Waals surface area (Å²) in [6, 6.07) is 11.2. The van der Waals surface area contributed by atoms with Gasteiger partial charge in [0.2, 0.25) is 5.69 Å². The van der Waals surface area contributed by atoms with Crippen LogP contribution in [0.25, 0.3) is 11.1 Å². The van der Waals surface area contributed by atoms with E-state index in [1.807, 2.05) is 31.2 Å². The molecule has 0 aliphatic carbocycles. The Morgan fingerprint density at radius 2 is 1.95 bits per heavy atom. The Morgan fingerprint density at radius 3 is 2.64 bits per heavy atom. The van der Waals surface area contributed by atoms with E-state index < -0.39 is 5.97 Å². The lowest BCUT2D eigenvalue weighted by molar-refractivity contribution is 0.0687. The summed E-state index contributed by atoms with van der Waals surface area (Å²) in [6.45, 7) is 1.93. The minimum atomic E-state index is -1.20. The number of carbonyl (C=O) groups is 1. The Labute approximate surface area is 125 Å². The highest BCUT2D eigenvalue weighted by Gasteiger charge is 2.16. The highest BCUT2D eigenvalue weighted by Crippen LogP contribution is 2.26. The van der Waals surface area contributed by atoms with Gasteiger partial charge < -0.3 is 9.84 Å². The topological polar surface area (TPSA) is 101 Å². The van der Waals surface area contributed by atoms with Crippen molar-refractivity contribution in [3.8, 4) is 22.8 Å². The van der Waals surface area contributed by atoms with E-state index in [1.54, 1.807) is 18.3 Å². The van der Waals surface area contributed by atoms with Gasteiger partial charge in [-0.1, -0.05) is 17.3 Å². The molecule has 3 aromatic rings. The average Bonchev–Trinajstić information content (AvgIpc) is 2.96. The summed E-state index contributed by atoms with van der Waals surface area (Å²) >= 11 is 0. The number of carboxylic acids is 1. The van der Waals surface area contributed by atoms with Crippen LogP contribution in [0.15, 0.2) is 42.6 Å². The first kappa shape index (κ1) is 13.7. The summed E-state index contributed by atoms with van der Waals surface area (Å²) in [5, 5.41) is 18.2. The van der Waals surface area contributed by atoms with Crippen molar-refractivity contribution < 1.29 is 14.6 Å². The highest BCUT2D eigenvalue weighted by atomic mass is 16.5. The maximum absolute atomic E-state index is 10.9. The summed E-state index contributed by atoms with van der Waals surface area (Å²) in [4.78, 5) is 15.1. The molecule has 2 heterocycles. The standard InChI is InChI=1S/C15H12N4O3/c1-9-8-11(6-7-16-9)10-2-4-12(5-3-10)22-14-13(15(20)21)17-19-18-14/h2-8H,1H3,(H,20,21)(H,17,18,19). The number of hydrogen-bond acceptors (Lipinski definition) is 5. The third-order valence-corrected chi connectivity index (χ3v) is 3.02. The first-order valence-electron chi connectivity index (χ1n) is 6.49. The van der Waals surface area contributed by atoms with Gasteiger partial charge in [0.15, 0.2) is 0 Å². The second-order valence-electron chi connectivity index (χ2n) is 4.61. The van der Waals surface area contributed by atoms with Crippen molar-refractivity contribution in [3.05, 3.63) is 54.0 Å². The van der Waals surface area contributed by atoms with Crippen LogP contribution < -0.4 is 4.74 Å². The molecule has 0 bridgehead atoms. The number of benzene rings is 1. The molecular formula is C15H12N4O3. The van der Waals surface area contributed by atoms with Crippen molar-refractivity contribution in [3.63, 3.8) is 0 Å². The maximum Gasteiger partial charge on any atom is 0.362 e. The molecule has 0 saturated heterocycles. The molecule has 2 N–H and O–H groups in total. The van der Waals surface area contributed by atoms with Crippen molar-refractivity contribution in [2.45, 2.75) is 6.92 Å². The largest absolute Gasteiger partial charge is 0.476 e. The number of H-pyrrole nitrogens is 1. The highest BCUT2D eigenvalue weighted by molar-refractivity contribution is 5.87. The van der Waals surface area contributed by atoms with Crippen LogP contribution in [0, 0.1) is 6.92 Å². The quantitative estimate of drug-likeness (QED) is 0.767. The second-order valence-corrected chi connectivity index (χ2v) is 4.61. The van der Waals surface area contributed by atoms with Crippen LogP contribution in [0.5, 0.6) is 11.6 Å². The van der Waals surface area contributed by atoms with Crippen LogP contribution in [-0.2, 0) is 0 Å². The molecule has 0 aliphatic rings. The SMILES string of the molecule is Cc1cc(-c2ccc(Oc3[nH]nnc3C(=O)O)cc2)ccn1. The number of aromatic nitrogens is 4. The summed E-state index contributed by atoms with van der Waals surface area (Å²) in [5.74, 6) is -0.712. The van der Waals surface area contributed by atoms with Crippen LogP contribution in [-0.4, -0.2) is 31.5 Å². The van der Waals surface area contributed by atoms with Gasteiger partial charge >= 0.3 is 5.97 Å². The molecule has 7 nitrogen and oxygen atoms in total. The number of carboxylic acid groups (broad SMARTS) is 1. The first-order chi connectivity index (χ1) is 10.6. The molecule has 1 aromatic carbocycles.